The van der Waals surface area contributed by atoms with Gasteiger partial charge in [0.15, 0.2) is 6.61 Å². The summed E-state index contributed by atoms with van der Waals surface area (Å²) in [5.74, 6) is 0. The molecule has 1 unspecified atom stereocenters. The number of fused-ring (bicyclic) bond motifs is 3. The van der Waals surface area contributed by atoms with E-state index in [1.165, 1.54) is 23.0 Å². The minimum absolute atomic E-state index is 0.283. The molecular weight excluding hydrogens is 553 g/mol. The molecule has 1 aliphatic carbocycles. The van der Waals surface area contributed by atoms with Gasteiger partial charge in [0.2, 0.25) is 6.29 Å². The summed E-state index contributed by atoms with van der Waals surface area (Å²) in [5.41, 5.74) is -4.82. The molecule has 17 heteroatoms. The Kier molecular flexibility index (Phi) is 6.23. The molecule has 0 fully saturated rings. The highest BCUT2D eigenvalue weighted by atomic mass is 127. The fourth-order valence-electron chi connectivity index (χ4n) is 3.06. The van der Waals surface area contributed by atoms with E-state index in [1.54, 1.807) is 0 Å². The maximum absolute atomic E-state index is 11.6. The predicted octanol–water partition coefficient (Wildman–Crippen LogP) is 2.75. The first-order chi connectivity index (χ1) is 15.1. The number of nitro groups is 4. The highest BCUT2D eigenvalue weighted by molar-refractivity contribution is 14.1. The first kappa shape index (κ1) is 22.8. The van der Waals surface area contributed by atoms with Crippen molar-refractivity contribution in [2.75, 3.05) is 6.61 Å². The van der Waals surface area contributed by atoms with Crippen molar-refractivity contribution in [2.24, 2.45) is 5.16 Å². The largest absolute Gasteiger partial charge is 0.390 e. The maximum atomic E-state index is 11.6. The molecule has 0 radical (unpaired) electrons. The zero-order valence-electron chi connectivity index (χ0n) is 15.2. The number of aliphatic hydroxyl groups excluding tert-OH is 1. The Morgan fingerprint density at radius 2 is 1.28 bits per heavy atom. The van der Waals surface area contributed by atoms with Gasteiger partial charge in [0.05, 0.1) is 43.0 Å². The molecular formula is C15H8IN5O11. The Morgan fingerprint density at radius 1 is 0.844 bits per heavy atom. The van der Waals surface area contributed by atoms with Crippen LogP contribution in [0.25, 0.3) is 11.1 Å². The molecule has 32 heavy (non-hydrogen) atoms. The van der Waals surface area contributed by atoms with Gasteiger partial charge < -0.3 is 9.94 Å². The number of hydrogen-bond donors (Lipinski definition) is 1. The van der Waals surface area contributed by atoms with E-state index in [1.807, 2.05) is 0 Å². The smallest absolute Gasteiger partial charge is 0.285 e. The van der Waals surface area contributed by atoms with Crippen LogP contribution in [0.15, 0.2) is 29.4 Å². The third-order valence-electron chi connectivity index (χ3n) is 4.26. The highest BCUT2D eigenvalue weighted by Gasteiger charge is 2.41. The average molecular weight is 561 g/mol. The Bertz CT molecular complexity index is 1130. The number of hydrogen-bond acceptors (Lipinski definition) is 12. The van der Waals surface area contributed by atoms with Crippen molar-refractivity contribution in [1.82, 2.24) is 0 Å². The van der Waals surface area contributed by atoms with Gasteiger partial charge in [-0.3, -0.25) is 43.5 Å². The molecule has 1 N–H and O–H groups in total. The minimum atomic E-state index is -1.45. The number of rotatable bonds is 8. The Balaban J connectivity index is 2.41. The van der Waals surface area contributed by atoms with Crippen LogP contribution in [0.3, 0.4) is 0 Å². The lowest BCUT2D eigenvalue weighted by Gasteiger charge is -2.06. The van der Waals surface area contributed by atoms with Gasteiger partial charge in [-0.15, -0.1) is 0 Å². The normalized spacial score (nSPS) is 12.5. The number of nitro benzene ring substituents is 4. The summed E-state index contributed by atoms with van der Waals surface area (Å²) in [6.45, 7) is -0.550. The average Bonchev–Trinajstić information content (AvgIpc) is 3.05. The molecule has 0 saturated carbocycles. The SMILES string of the molecule is O=[N+]([O-])c1cc2c(c([N+](=O)[O-])c1)-c1c(cc([N+](=O)[O-])cc1[N+](=O)[O-])C2=NOCC(O)OI. The highest BCUT2D eigenvalue weighted by Crippen LogP contribution is 2.50. The van der Waals surface area contributed by atoms with Crippen molar-refractivity contribution in [3.05, 3.63) is 75.8 Å². The van der Waals surface area contributed by atoms with Crippen LogP contribution < -0.4 is 0 Å². The van der Waals surface area contributed by atoms with Crippen molar-refractivity contribution >= 4 is 51.5 Å². The fraction of sp³-hybridized carbons (Fsp3) is 0.133. The molecule has 16 nitrogen and oxygen atoms in total. The zero-order valence-corrected chi connectivity index (χ0v) is 17.4. The third kappa shape index (κ3) is 4.02. The predicted molar refractivity (Wildman–Crippen MR) is 111 cm³/mol. The Hall–Kier alpha value is -3.84. The standard InChI is InChI=1S/C15H8IN5O11/c16-32-12(22)5-31-17-15-8-1-6(18(23)24)3-10(20(27)28)13(8)14-9(15)2-7(19(25)26)4-11(14)21(29)30/h1-4,12,22H,5H2. The lowest BCUT2D eigenvalue weighted by atomic mass is 10.0. The second kappa shape index (κ2) is 8.72. The Labute approximate surface area is 189 Å². The van der Waals surface area contributed by atoms with E-state index in [4.69, 9.17) is 4.84 Å². The molecule has 166 valence electrons. The van der Waals surface area contributed by atoms with E-state index in [0.29, 0.717) is 12.1 Å². The number of non-ortho nitro benzene ring substituents is 2. The number of benzene rings is 2. The second-order valence-corrected chi connectivity index (χ2v) is 6.59. The van der Waals surface area contributed by atoms with Gasteiger partial charge in [-0.2, -0.15) is 0 Å². The molecule has 0 bridgehead atoms. The minimum Gasteiger partial charge on any atom is -0.390 e. The van der Waals surface area contributed by atoms with Crippen molar-refractivity contribution in [3.8, 4) is 11.1 Å². The molecule has 0 heterocycles. The van der Waals surface area contributed by atoms with E-state index in [-0.39, 0.29) is 28.0 Å². The second-order valence-electron chi connectivity index (χ2n) is 6.08. The van der Waals surface area contributed by atoms with E-state index < -0.39 is 55.3 Å². The summed E-state index contributed by atoms with van der Waals surface area (Å²) in [6, 6.07) is 2.99. The first-order valence-electron chi connectivity index (χ1n) is 8.17. The third-order valence-corrected chi connectivity index (χ3v) is 4.84. The van der Waals surface area contributed by atoms with Gasteiger partial charge in [-0.25, -0.2) is 0 Å². The molecule has 3 rings (SSSR count). The van der Waals surface area contributed by atoms with Crippen LogP contribution in [0.1, 0.15) is 11.1 Å². The van der Waals surface area contributed by atoms with Gasteiger partial charge in [0, 0.05) is 23.3 Å². The molecule has 2 aromatic carbocycles. The topological polar surface area (TPSA) is 224 Å². The molecule has 0 aliphatic heterocycles. The summed E-state index contributed by atoms with van der Waals surface area (Å²) >= 11 is 1.37. The van der Waals surface area contributed by atoms with Crippen molar-refractivity contribution in [2.45, 2.75) is 6.29 Å². The number of nitrogens with zero attached hydrogens (tertiary/aromatic N) is 5. The van der Waals surface area contributed by atoms with Crippen LogP contribution in [0.4, 0.5) is 22.7 Å². The van der Waals surface area contributed by atoms with Crippen LogP contribution in [0, 0.1) is 40.5 Å². The molecule has 1 atom stereocenters. The van der Waals surface area contributed by atoms with Crippen LogP contribution in [0.5, 0.6) is 0 Å². The molecule has 1 aliphatic rings. The monoisotopic (exact) mass is 561 g/mol. The van der Waals surface area contributed by atoms with Gasteiger partial charge in [0.1, 0.15) is 28.7 Å². The summed E-state index contributed by atoms with van der Waals surface area (Å²) in [4.78, 5) is 47.0. The van der Waals surface area contributed by atoms with Crippen molar-refractivity contribution < 1.29 is 32.7 Å². The summed E-state index contributed by atoms with van der Waals surface area (Å²) < 4.78 is 4.53. The van der Waals surface area contributed by atoms with Crippen LogP contribution in [0.2, 0.25) is 0 Å². The summed E-state index contributed by atoms with van der Waals surface area (Å²) in [6.07, 6.45) is -1.45. The van der Waals surface area contributed by atoms with Crippen LogP contribution in [-0.2, 0) is 7.90 Å². The van der Waals surface area contributed by atoms with Crippen molar-refractivity contribution in [3.63, 3.8) is 0 Å². The quantitative estimate of drug-likeness (QED) is 0.182. The van der Waals surface area contributed by atoms with Crippen molar-refractivity contribution in [1.29, 1.82) is 0 Å². The fourth-order valence-corrected chi connectivity index (χ4v) is 3.20. The Morgan fingerprint density at radius 3 is 1.62 bits per heavy atom. The van der Waals surface area contributed by atoms with Gasteiger partial charge in [-0.05, 0) is 0 Å². The van der Waals surface area contributed by atoms with Gasteiger partial charge in [-0.1, -0.05) is 5.16 Å². The van der Waals surface area contributed by atoms with Gasteiger partial charge in [0.25, 0.3) is 22.7 Å². The van der Waals surface area contributed by atoms with E-state index >= 15 is 0 Å². The molecule has 0 amide bonds. The first-order valence-corrected chi connectivity index (χ1v) is 9.05. The van der Waals surface area contributed by atoms with Crippen LogP contribution >= 0.6 is 23.0 Å². The van der Waals surface area contributed by atoms with E-state index in [2.05, 4.69) is 8.22 Å². The number of aliphatic hydroxyl groups is 1. The molecule has 0 saturated heterocycles. The summed E-state index contributed by atoms with van der Waals surface area (Å²) in [7, 11) is 0. The molecule has 2 aromatic rings. The maximum Gasteiger partial charge on any atom is 0.285 e. The molecule has 0 spiro atoms. The van der Waals surface area contributed by atoms with E-state index in [9.17, 15) is 45.6 Å². The van der Waals surface area contributed by atoms with E-state index in [0.717, 1.165) is 12.1 Å². The number of halogens is 1. The van der Waals surface area contributed by atoms with Gasteiger partial charge >= 0.3 is 0 Å². The van der Waals surface area contributed by atoms with Crippen LogP contribution in [-0.4, -0.2) is 43.4 Å². The lowest BCUT2D eigenvalue weighted by molar-refractivity contribution is -0.395. The number of oxime groups is 1. The zero-order chi connectivity index (χ0) is 23.7. The summed E-state index contributed by atoms with van der Waals surface area (Å²) in [5, 5.41) is 58.9. The lowest BCUT2D eigenvalue weighted by Crippen LogP contribution is -2.14. The molecule has 0 aromatic heterocycles.